The lowest BCUT2D eigenvalue weighted by atomic mass is 10.0. The SMILES string of the molecule is Cc1cn[nH]c1C(=O)N1CCCC2(C1)OCCO2. The zero-order valence-corrected chi connectivity index (χ0v) is 10.4. The van der Waals surface area contributed by atoms with E-state index in [1.54, 1.807) is 11.1 Å². The smallest absolute Gasteiger partial charge is 0.272 e. The summed E-state index contributed by atoms with van der Waals surface area (Å²) < 4.78 is 11.3. The van der Waals surface area contributed by atoms with Gasteiger partial charge in [-0.05, 0) is 18.9 Å². The number of H-pyrrole nitrogens is 1. The number of hydrogen-bond acceptors (Lipinski definition) is 4. The standard InChI is InChI=1S/C12H17N3O3/c1-9-7-13-14-10(9)11(16)15-4-2-3-12(8-15)17-5-6-18-12/h7H,2-6,8H2,1H3,(H,13,14). The van der Waals surface area contributed by atoms with Gasteiger partial charge in [-0.1, -0.05) is 0 Å². The molecule has 18 heavy (non-hydrogen) atoms. The molecule has 0 radical (unpaired) electrons. The van der Waals surface area contributed by atoms with Crippen LogP contribution in [0.1, 0.15) is 28.9 Å². The van der Waals surface area contributed by atoms with Gasteiger partial charge in [0.2, 0.25) is 0 Å². The van der Waals surface area contributed by atoms with E-state index in [0.717, 1.165) is 24.9 Å². The number of aromatic nitrogens is 2. The zero-order chi connectivity index (χ0) is 12.6. The molecule has 0 aliphatic carbocycles. The Morgan fingerprint density at radius 1 is 1.50 bits per heavy atom. The topological polar surface area (TPSA) is 67.5 Å². The minimum Gasteiger partial charge on any atom is -0.346 e. The maximum atomic E-state index is 12.4. The number of hydrogen-bond donors (Lipinski definition) is 1. The molecule has 1 amide bonds. The molecule has 3 heterocycles. The number of carbonyl (C=O) groups is 1. The summed E-state index contributed by atoms with van der Waals surface area (Å²) in [5.74, 6) is -0.592. The number of nitrogens with one attached hydrogen (secondary N) is 1. The lowest BCUT2D eigenvalue weighted by Crippen LogP contribution is -2.51. The highest BCUT2D eigenvalue weighted by atomic mass is 16.7. The Morgan fingerprint density at radius 2 is 2.28 bits per heavy atom. The molecule has 0 atom stereocenters. The molecule has 2 saturated heterocycles. The predicted molar refractivity (Wildman–Crippen MR) is 63.1 cm³/mol. The molecule has 2 fully saturated rings. The fourth-order valence-corrected chi connectivity index (χ4v) is 2.62. The summed E-state index contributed by atoms with van der Waals surface area (Å²) in [5.41, 5.74) is 1.43. The minimum absolute atomic E-state index is 0.0248. The molecule has 0 aromatic carbocycles. The van der Waals surface area contributed by atoms with Crippen LogP contribution in [0.3, 0.4) is 0 Å². The van der Waals surface area contributed by atoms with Gasteiger partial charge in [0.1, 0.15) is 5.69 Å². The highest BCUT2D eigenvalue weighted by Crippen LogP contribution is 2.30. The Kier molecular flexibility index (Phi) is 2.83. The number of likely N-dealkylation sites (tertiary alicyclic amines) is 1. The van der Waals surface area contributed by atoms with Crippen molar-refractivity contribution in [2.45, 2.75) is 25.6 Å². The Morgan fingerprint density at radius 3 is 2.94 bits per heavy atom. The maximum Gasteiger partial charge on any atom is 0.272 e. The van der Waals surface area contributed by atoms with Crippen molar-refractivity contribution in [3.05, 3.63) is 17.5 Å². The quantitative estimate of drug-likeness (QED) is 0.797. The van der Waals surface area contributed by atoms with Gasteiger partial charge in [-0.2, -0.15) is 5.10 Å². The molecule has 6 heteroatoms. The van der Waals surface area contributed by atoms with Crippen molar-refractivity contribution >= 4 is 5.91 Å². The van der Waals surface area contributed by atoms with Gasteiger partial charge in [-0.15, -0.1) is 0 Å². The molecule has 1 N–H and O–H groups in total. The molecule has 1 spiro atoms. The van der Waals surface area contributed by atoms with Crippen LogP contribution in [0.15, 0.2) is 6.20 Å². The fourth-order valence-electron chi connectivity index (χ4n) is 2.62. The normalized spacial score (nSPS) is 22.6. The molecule has 6 nitrogen and oxygen atoms in total. The highest BCUT2D eigenvalue weighted by molar-refractivity contribution is 5.93. The molecule has 0 unspecified atom stereocenters. The van der Waals surface area contributed by atoms with Crippen LogP contribution in [0.2, 0.25) is 0 Å². The van der Waals surface area contributed by atoms with E-state index in [4.69, 9.17) is 9.47 Å². The summed E-state index contributed by atoms with van der Waals surface area (Å²) in [6.07, 6.45) is 3.42. The third-order valence-electron chi connectivity index (χ3n) is 3.56. The van der Waals surface area contributed by atoms with E-state index in [1.807, 2.05) is 6.92 Å². The number of ether oxygens (including phenoxy) is 2. The van der Waals surface area contributed by atoms with Crippen molar-refractivity contribution in [1.82, 2.24) is 15.1 Å². The second-order valence-corrected chi connectivity index (χ2v) is 4.87. The summed E-state index contributed by atoms with van der Waals surface area (Å²) in [6, 6.07) is 0. The first kappa shape index (κ1) is 11.7. The summed E-state index contributed by atoms with van der Waals surface area (Å²) in [6.45, 7) is 4.35. The number of aromatic amines is 1. The lowest BCUT2D eigenvalue weighted by molar-refractivity contribution is -0.183. The molecular formula is C12H17N3O3. The minimum atomic E-state index is -0.568. The number of rotatable bonds is 1. The number of amides is 1. The summed E-state index contributed by atoms with van der Waals surface area (Å²) in [7, 11) is 0. The number of piperidine rings is 1. The lowest BCUT2D eigenvalue weighted by Gasteiger charge is -2.38. The molecule has 1 aromatic rings. The molecule has 2 aliphatic rings. The van der Waals surface area contributed by atoms with Gasteiger partial charge in [0, 0.05) is 13.0 Å². The van der Waals surface area contributed by atoms with Crippen LogP contribution in [0, 0.1) is 6.92 Å². The van der Waals surface area contributed by atoms with Crippen LogP contribution in [-0.2, 0) is 9.47 Å². The number of nitrogens with zero attached hydrogens (tertiary/aromatic N) is 2. The number of aryl methyl sites for hydroxylation is 1. The van der Waals surface area contributed by atoms with Gasteiger partial charge in [0.15, 0.2) is 5.79 Å². The van der Waals surface area contributed by atoms with Crippen molar-refractivity contribution in [2.24, 2.45) is 0 Å². The van der Waals surface area contributed by atoms with Crippen molar-refractivity contribution in [3.63, 3.8) is 0 Å². The van der Waals surface area contributed by atoms with Crippen LogP contribution >= 0.6 is 0 Å². The third kappa shape index (κ3) is 1.91. The maximum absolute atomic E-state index is 12.4. The Hall–Kier alpha value is -1.40. The highest BCUT2D eigenvalue weighted by Gasteiger charge is 2.42. The van der Waals surface area contributed by atoms with E-state index in [9.17, 15) is 4.79 Å². The van der Waals surface area contributed by atoms with Gasteiger partial charge in [-0.25, -0.2) is 0 Å². The molecular weight excluding hydrogens is 234 g/mol. The van der Waals surface area contributed by atoms with Gasteiger partial charge in [0.05, 0.1) is 26.0 Å². The predicted octanol–water partition coefficient (Wildman–Crippen LogP) is 0.697. The second kappa shape index (κ2) is 4.37. The fraction of sp³-hybridized carbons (Fsp3) is 0.667. The van der Waals surface area contributed by atoms with Crippen LogP contribution in [0.4, 0.5) is 0 Å². The zero-order valence-electron chi connectivity index (χ0n) is 10.4. The Labute approximate surface area is 105 Å². The van der Waals surface area contributed by atoms with Crippen LogP contribution in [0.25, 0.3) is 0 Å². The van der Waals surface area contributed by atoms with Gasteiger partial charge < -0.3 is 14.4 Å². The first-order chi connectivity index (χ1) is 8.70. The molecule has 0 bridgehead atoms. The molecule has 98 valence electrons. The Bertz CT molecular complexity index is 451. The van der Waals surface area contributed by atoms with E-state index >= 15 is 0 Å². The van der Waals surface area contributed by atoms with Gasteiger partial charge >= 0.3 is 0 Å². The molecule has 1 aromatic heterocycles. The van der Waals surface area contributed by atoms with Crippen molar-refractivity contribution < 1.29 is 14.3 Å². The third-order valence-corrected chi connectivity index (χ3v) is 3.56. The average Bonchev–Trinajstić information content (AvgIpc) is 2.98. The van der Waals surface area contributed by atoms with E-state index in [2.05, 4.69) is 10.2 Å². The Balaban J connectivity index is 1.76. The van der Waals surface area contributed by atoms with Gasteiger partial charge in [0.25, 0.3) is 5.91 Å². The summed E-state index contributed by atoms with van der Waals surface area (Å²) in [5, 5.41) is 6.65. The van der Waals surface area contributed by atoms with Gasteiger partial charge in [-0.3, -0.25) is 9.89 Å². The van der Waals surface area contributed by atoms with Crippen molar-refractivity contribution in [1.29, 1.82) is 0 Å². The molecule has 0 saturated carbocycles. The first-order valence-corrected chi connectivity index (χ1v) is 6.27. The second-order valence-electron chi connectivity index (χ2n) is 4.87. The first-order valence-electron chi connectivity index (χ1n) is 6.27. The van der Waals surface area contributed by atoms with E-state index in [-0.39, 0.29) is 5.91 Å². The van der Waals surface area contributed by atoms with Crippen molar-refractivity contribution in [2.75, 3.05) is 26.3 Å². The molecule has 2 aliphatic heterocycles. The van der Waals surface area contributed by atoms with E-state index in [1.165, 1.54) is 0 Å². The average molecular weight is 251 g/mol. The van der Waals surface area contributed by atoms with E-state index < -0.39 is 5.79 Å². The largest absolute Gasteiger partial charge is 0.346 e. The van der Waals surface area contributed by atoms with Crippen LogP contribution in [0.5, 0.6) is 0 Å². The number of carbonyl (C=O) groups excluding carboxylic acids is 1. The molecule has 3 rings (SSSR count). The monoisotopic (exact) mass is 251 g/mol. The van der Waals surface area contributed by atoms with E-state index in [0.29, 0.717) is 25.5 Å². The summed E-state index contributed by atoms with van der Waals surface area (Å²) >= 11 is 0. The van der Waals surface area contributed by atoms with Crippen LogP contribution < -0.4 is 0 Å². The summed E-state index contributed by atoms with van der Waals surface area (Å²) in [4.78, 5) is 14.2. The van der Waals surface area contributed by atoms with Crippen LogP contribution in [-0.4, -0.2) is 53.1 Å². The van der Waals surface area contributed by atoms with Crippen molar-refractivity contribution in [3.8, 4) is 0 Å².